The van der Waals surface area contributed by atoms with Crippen LogP contribution in [0.25, 0.3) is 0 Å². The molecular weight excluding hydrogens is 358 g/mol. The van der Waals surface area contributed by atoms with Gasteiger partial charge in [0.05, 0.1) is 6.61 Å². The molecule has 1 aromatic rings. The Morgan fingerprint density at radius 2 is 1.57 bits per heavy atom. The maximum atomic E-state index is 12.6. The molecule has 0 aromatic heterocycles. The number of amides is 3. The summed E-state index contributed by atoms with van der Waals surface area (Å²) in [6, 6.07) is 9.36. The van der Waals surface area contributed by atoms with Gasteiger partial charge >= 0.3 is 6.09 Å². The fourth-order valence-corrected chi connectivity index (χ4v) is 3.85. The number of rotatable bonds is 4. The highest BCUT2D eigenvalue weighted by Gasteiger charge is 2.30. The van der Waals surface area contributed by atoms with Crippen molar-refractivity contribution < 1.29 is 19.1 Å². The molecule has 1 N–H and O–H groups in total. The van der Waals surface area contributed by atoms with E-state index in [4.69, 9.17) is 4.74 Å². The van der Waals surface area contributed by atoms with E-state index in [0.29, 0.717) is 51.2 Å². The quantitative estimate of drug-likeness (QED) is 0.860. The molecule has 1 aromatic carbocycles. The first kappa shape index (κ1) is 20.2. The summed E-state index contributed by atoms with van der Waals surface area (Å²) < 4.78 is 5.02. The van der Waals surface area contributed by atoms with Gasteiger partial charge in [0.1, 0.15) is 0 Å². The Hall–Kier alpha value is -2.57. The van der Waals surface area contributed by atoms with Crippen LogP contribution in [0.4, 0.5) is 4.79 Å². The number of carbonyl (C=O) groups is 3. The number of hydrogen-bond acceptors (Lipinski definition) is 4. The molecule has 7 heteroatoms. The third-order valence-electron chi connectivity index (χ3n) is 5.54. The van der Waals surface area contributed by atoms with Gasteiger partial charge < -0.3 is 19.9 Å². The zero-order valence-corrected chi connectivity index (χ0v) is 16.4. The minimum absolute atomic E-state index is 0.0331. The van der Waals surface area contributed by atoms with E-state index in [1.54, 1.807) is 11.8 Å². The van der Waals surface area contributed by atoms with Gasteiger partial charge in [-0.2, -0.15) is 0 Å². The largest absolute Gasteiger partial charge is 0.450 e. The van der Waals surface area contributed by atoms with Crippen molar-refractivity contribution in [3.8, 4) is 0 Å². The van der Waals surface area contributed by atoms with Gasteiger partial charge in [0.25, 0.3) is 5.91 Å². The Bertz CT molecular complexity index is 678. The lowest BCUT2D eigenvalue weighted by Crippen LogP contribution is -2.49. The molecule has 0 bridgehead atoms. The fraction of sp³-hybridized carbons (Fsp3) is 0.571. The number of hydrogen-bond donors (Lipinski definition) is 1. The predicted molar refractivity (Wildman–Crippen MR) is 105 cm³/mol. The van der Waals surface area contributed by atoms with Crippen molar-refractivity contribution in [3.05, 3.63) is 35.9 Å². The van der Waals surface area contributed by atoms with Gasteiger partial charge in [-0.3, -0.25) is 9.59 Å². The third-order valence-corrected chi connectivity index (χ3v) is 5.54. The molecule has 152 valence electrons. The van der Waals surface area contributed by atoms with Crippen molar-refractivity contribution in [2.75, 3.05) is 32.8 Å². The SMILES string of the molecule is CCOC(=O)N1CCC(NC(=O)C2CCN(C(=O)c3ccccc3)CC2)CC1. The van der Waals surface area contributed by atoms with Crippen LogP contribution in [0.5, 0.6) is 0 Å². The van der Waals surface area contributed by atoms with Crippen LogP contribution in [0.2, 0.25) is 0 Å². The number of piperidine rings is 2. The molecule has 0 unspecified atom stereocenters. The van der Waals surface area contributed by atoms with Crippen LogP contribution in [0.3, 0.4) is 0 Å². The fourth-order valence-electron chi connectivity index (χ4n) is 3.85. The first-order valence-corrected chi connectivity index (χ1v) is 10.1. The summed E-state index contributed by atoms with van der Waals surface area (Å²) in [5.74, 6) is 0.0510. The Labute approximate surface area is 166 Å². The van der Waals surface area contributed by atoms with Gasteiger partial charge in [0.15, 0.2) is 0 Å². The molecule has 28 heavy (non-hydrogen) atoms. The second-order valence-electron chi connectivity index (χ2n) is 7.40. The van der Waals surface area contributed by atoms with Gasteiger partial charge in [-0.1, -0.05) is 18.2 Å². The number of likely N-dealkylation sites (tertiary alicyclic amines) is 2. The normalized spacial score (nSPS) is 18.6. The van der Waals surface area contributed by atoms with Gasteiger partial charge in [0.2, 0.25) is 5.91 Å². The maximum Gasteiger partial charge on any atom is 0.409 e. The zero-order valence-electron chi connectivity index (χ0n) is 16.4. The number of nitrogens with one attached hydrogen (secondary N) is 1. The minimum atomic E-state index is -0.275. The molecule has 3 amide bonds. The Balaban J connectivity index is 1.41. The minimum Gasteiger partial charge on any atom is -0.450 e. The van der Waals surface area contributed by atoms with Gasteiger partial charge in [-0.15, -0.1) is 0 Å². The monoisotopic (exact) mass is 387 g/mol. The summed E-state index contributed by atoms with van der Waals surface area (Å²) in [4.78, 5) is 40.4. The topological polar surface area (TPSA) is 79.0 Å². The molecule has 0 radical (unpaired) electrons. The van der Waals surface area contributed by atoms with E-state index < -0.39 is 0 Å². The van der Waals surface area contributed by atoms with Crippen LogP contribution in [0, 0.1) is 5.92 Å². The smallest absolute Gasteiger partial charge is 0.409 e. The zero-order chi connectivity index (χ0) is 19.9. The molecule has 3 rings (SSSR count). The van der Waals surface area contributed by atoms with Crippen molar-refractivity contribution in [1.82, 2.24) is 15.1 Å². The Morgan fingerprint density at radius 1 is 0.964 bits per heavy atom. The van der Waals surface area contributed by atoms with Gasteiger partial charge in [0, 0.05) is 43.7 Å². The average Bonchev–Trinajstić information content (AvgIpc) is 2.74. The van der Waals surface area contributed by atoms with E-state index in [1.165, 1.54) is 0 Å². The second-order valence-corrected chi connectivity index (χ2v) is 7.40. The Kier molecular flexibility index (Phi) is 6.90. The van der Waals surface area contributed by atoms with Crippen molar-refractivity contribution in [2.24, 2.45) is 5.92 Å². The molecule has 0 spiro atoms. The lowest BCUT2D eigenvalue weighted by atomic mass is 9.94. The third kappa shape index (κ3) is 5.03. The molecule has 7 nitrogen and oxygen atoms in total. The number of nitrogens with zero attached hydrogens (tertiary/aromatic N) is 2. The van der Waals surface area contributed by atoms with E-state index in [9.17, 15) is 14.4 Å². The highest BCUT2D eigenvalue weighted by Crippen LogP contribution is 2.20. The molecule has 2 aliphatic heterocycles. The van der Waals surface area contributed by atoms with Crippen LogP contribution in [0.15, 0.2) is 30.3 Å². The first-order valence-electron chi connectivity index (χ1n) is 10.1. The lowest BCUT2D eigenvalue weighted by Gasteiger charge is -2.34. The van der Waals surface area contributed by atoms with E-state index in [2.05, 4.69) is 5.32 Å². The van der Waals surface area contributed by atoms with Crippen molar-refractivity contribution in [3.63, 3.8) is 0 Å². The van der Waals surface area contributed by atoms with E-state index in [-0.39, 0.29) is 29.9 Å². The van der Waals surface area contributed by atoms with Crippen LogP contribution in [-0.4, -0.2) is 66.5 Å². The standard InChI is InChI=1S/C21H29N3O4/c1-2-28-21(27)24-14-10-18(11-15-24)22-19(25)16-8-12-23(13-9-16)20(26)17-6-4-3-5-7-17/h3-7,16,18H,2,8-15H2,1H3,(H,22,25). The molecule has 2 fully saturated rings. The van der Waals surface area contributed by atoms with E-state index in [1.807, 2.05) is 35.2 Å². The summed E-state index contributed by atoms with van der Waals surface area (Å²) in [7, 11) is 0. The maximum absolute atomic E-state index is 12.6. The number of benzene rings is 1. The first-order chi connectivity index (χ1) is 13.6. The van der Waals surface area contributed by atoms with E-state index >= 15 is 0 Å². The van der Waals surface area contributed by atoms with Gasteiger partial charge in [-0.25, -0.2) is 4.79 Å². The lowest BCUT2D eigenvalue weighted by molar-refractivity contribution is -0.127. The Morgan fingerprint density at radius 3 is 2.18 bits per heavy atom. The molecule has 2 saturated heterocycles. The molecule has 0 saturated carbocycles. The molecule has 0 atom stereocenters. The molecular formula is C21H29N3O4. The van der Waals surface area contributed by atoms with E-state index in [0.717, 1.165) is 12.8 Å². The van der Waals surface area contributed by atoms with Crippen molar-refractivity contribution >= 4 is 17.9 Å². The van der Waals surface area contributed by atoms with Crippen molar-refractivity contribution in [2.45, 2.75) is 38.6 Å². The summed E-state index contributed by atoms with van der Waals surface area (Å²) in [6.45, 7) is 4.59. The summed E-state index contributed by atoms with van der Waals surface area (Å²) >= 11 is 0. The summed E-state index contributed by atoms with van der Waals surface area (Å²) in [5.41, 5.74) is 0.693. The molecule has 0 aliphatic carbocycles. The number of carbonyl (C=O) groups excluding carboxylic acids is 3. The van der Waals surface area contributed by atoms with Crippen molar-refractivity contribution in [1.29, 1.82) is 0 Å². The molecule has 2 heterocycles. The highest BCUT2D eigenvalue weighted by molar-refractivity contribution is 5.94. The average molecular weight is 387 g/mol. The molecule has 2 aliphatic rings. The van der Waals surface area contributed by atoms with Crippen LogP contribution >= 0.6 is 0 Å². The highest BCUT2D eigenvalue weighted by atomic mass is 16.6. The summed E-state index contributed by atoms with van der Waals surface area (Å²) in [6.07, 6.45) is 2.59. The number of ether oxygens (including phenoxy) is 1. The van der Waals surface area contributed by atoms with Crippen LogP contribution in [-0.2, 0) is 9.53 Å². The second kappa shape index (κ2) is 9.57. The van der Waals surface area contributed by atoms with Crippen LogP contribution < -0.4 is 5.32 Å². The summed E-state index contributed by atoms with van der Waals surface area (Å²) in [5, 5.41) is 3.13. The van der Waals surface area contributed by atoms with Gasteiger partial charge in [-0.05, 0) is 44.7 Å². The van der Waals surface area contributed by atoms with Crippen LogP contribution in [0.1, 0.15) is 43.0 Å². The predicted octanol–water partition coefficient (Wildman–Crippen LogP) is 2.28.